The van der Waals surface area contributed by atoms with Gasteiger partial charge >= 0.3 is 10.4 Å². The predicted octanol–water partition coefficient (Wildman–Crippen LogP) is 1.27. The van der Waals surface area contributed by atoms with Crippen molar-refractivity contribution in [2.45, 2.75) is 13.0 Å². The van der Waals surface area contributed by atoms with Gasteiger partial charge in [-0.05, 0) is 24.6 Å². The van der Waals surface area contributed by atoms with Crippen molar-refractivity contribution < 1.29 is 22.3 Å². The molecule has 0 aliphatic carbocycles. The van der Waals surface area contributed by atoms with Crippen molar-refractivity contribution in [1.29, 1.82) is 0 Å². The third-order valence-electron chi connectivity index (χ3n) is 1.63. The highest BCUT2D eigenvalue weighted by atomic mass is 32.3. The van der Waals surface area contributed by atoms with Crippen molar-refractivity contribution in [3.63, 3.8) is 0 Å². The molecule has 0 bridgehead atoms. The van der Waals surface area contributed by atoms with E-state index in [-0.39, 0.29) is 5.75 Å². The first-order valence-corrected chi connectivity index (χ1v) is 5.19. The minimum atomic E-state index is -4.44. The molecule has 2 N–H and O–H groups in total. The molecule has 0 amide bonds. The maximum absolute atomic E-state index is 10.4. The van der Waals surface area contributed by atoms with Gasteiger partial charge in [-0.3, -0.25) is 4.55 Å². The topological polar surface area (TPSA) is 83.8 Å². The van der Waals surface area contributed by atoms with Crippen LogP contribution in [0.4, 0.5) is 0 Å². The Morgan fingerprint density at radius 2 is 1.79 bits per heavy atom. The molecule has 6 heteroatoms. The average molecular weight is 218 g/mol. The molecule has 0 heterocycles. The van der Waals surface area contributed by atoms with Gasteiger partial charge in [-0.2, -0.15) is 8.42 Å². The molecule has 0 saturated heterocycles. The largest absolute Gasteiger partial charge is 0.508 e. The summed E-state index contributed by atoms with van der Waals surface area (Å²) in [5.74, 6) is 0.0767. The fourth-order valence-corrected chi connectivity index (χ4v) is 1.46. The van der Waals surface area contributed by atoms with Crippen LogP contribution in [0.3, 0.4) is 0 Å². The zero-order chi connectivity index (χ0) is 10.8. The monoisotopic (exact) mass is 218 g/mol. The Bertz CT molecular complexity index is 394. The lowest BCUT2D eigenvalue weighted by Gasteiger charge is -2.09. The third-order valence-corrected chi connectivity index (χ3v) is 2.16. The molecule has 0 radical (unpaired) electrons. The van der Waals surface area contributed by atoms with Crippen LogP contribution in [0.2, 0.25) is 0 Å². The summed E-state index contributed by atoms with van der Waals surface area (Å²) in [7, 11) is -4.44. The van der Waals surface area contributed by atoms with Crippen molar-refractivity contribution >= 4 is 10.4 Å². The third kappa shape index (κ3) is 3.33. The van der Waals surface area contributed by atoms with Crippen LogP contribution in [0, 0.1) is 0 Å². The first kappa shape index (κ1) is 11.0. The second kappa shape index (κ2) is 3.95. The Kier molecular flexibility index (Phi) is 3.10. The van der Waals surface area contributed by atoms with E-state index >= 15 is 0 Å². The van der Waals surface area contributed by atoms with Crippen LogP contribution in [0.5, 0.6) is 5.75 Å². The van der Waals surface area contributed by atoms with Crippen LogP contribution in [-0.2, 0) is 14.6 Å². The molecule has 1 rings (SSSR count). The summed E-state index contributed by atoms with van der Waals surface area (Å²) in [4.78, 5) is 0. The number of hydrogen-bond donors (Lipinski definition) is 2. The van der Waals surface area contributed by atoms with E-state index in [4.69, 9.17) is 9.66 Å². The molecule has 78 valence electrons. The molecule has 0 fully saturated rings. The van der Waals surface area contributed by atoms with Gasteiger partial charge in [0.25, 0.3) is 0 Å². The van der Waals surface area contributed by atoms with Gasteiger partial charge in [0.15, 0.2) is 0 Å². The molecule has 0 saturated carbocycles. The predicted molar refractivity (Wildman–Crippen MR) is 49.2 cm³/mol. The van der Waals surface area contributed by atoms with Gasteiger partial charge in [0.2, 0.25) is 0 Å². The highest BCUT2D eigenvalue weighted by Crippen LogP contribution is 2.20. The average Bonchev–Trinajstić information content (AvgIpc) is 2.02. The number of phenols is 1. The minimum Gasteiger partial charge on any atom is -0.508 e. The first-order chi connectivity index (χ1) is 6.38. The van der Waals surface area contributed by atoms with E-state index in [2.05, 4.69) is 4.18 Å². The maximum Gasteiger partial charge on any atom is 0.397 e. The normalized spacial score (nSPS) is 13.9. The quantitative estimate of drug-likeness (QED) is 0.746. The molecule has 1 atom stereocenters. The van der Waals surface area contributed by atoms with Gasteiger partial charge in [-0.25, -0.2) is 4.18 Å². The fraction of sp³-hybridized carbons (Fsp3) is 0.250. The molecule has 1 unspecified atom stereocenters. The van der Waals surface area contributed by atoms with E-state index in [1.807, 2.05) is 0 Å². The lowest BCUT2D eigenvalue weighted by molar-refractivity contribution is 0.201. The van der Waals surface area contributed by atoms with E-state index < -0.39 is 16.5 Å². The van der Waals surface area contributed by atoms with Crippen LogP contribution in [-0.4, -0.2) is 18.1 Å². The maximum atomic E-state index is 10.4. The van der Waals surface area contributed by atoms with Crippen LogP contribution >= 0.6 is 0 Å². The highest BCUT2D eigenvalue weighted by Gasteiger charge is 2.13. The summed E-state index contributed by atoms with van der Waals surface area (Å²) < 4.78 is 33.4. The Labute approximate surface area is 81.9 Å². The van der Waals surface area contributed by atoms with E-state index in [0.29, 0.717) is 5.56 Å². The van der Waals surface area contributed by atoms with Crippen LogP contribution in [0.15, 0.2) is 24.3 Å². The summed E-state index contributed by atoms with van der Waals surface area (Å²) in [6, 6.07) is 5.81. The summed E-state index contributed by atoms with van der Waals surface area (Å²) in [5.41, 5.74) is 0.542. The minimum absolute atomic E-state index is 0.0767. The summed E-state index contributed by atoms with van der Waals surface area (Å²) in [5, 5.41) is 8.96. The van der Waals surface area contributed by atoms with Crippen LogP contribution in [0.1, 0.15) is 18.6 Å². The van der Waals surface area contributed by atoms with Crippen LogP contribution < -0.4 is 0 Å². The van der Waals surface area contributed by atoms with Gasteiger partial charge in [-0.1, -0.05) is 12.1 Å². The molecule has 1 aromatic carbocycles. The zero-order valence-corrected chi connectivity index (χ0v) is 8.23. The number of aromatic hydroxyl groups is 1. The van der Waals surface area contributed by atoms with E-state index in [0.717, 1.165) is 0 Å². The van der Waals surface area contributed by atoms with Gasteiger partial charge < -0.3 is 5.11 Å². The number of hydrogen-bond acceptors (Lipinski definition) is 4. The highest BCUT2D eigenvalue weighted by molar-refractivity contribution is 7.80. The second-order valence-corrected chi connectivity index (χ2v) is 3.81. The zero-order valence-electron chi connectivity index (χ0n) is 7.41. The standard InChI is InChI=1S/C8H10O5S/c1-6(13-14(10,11)12)7-2-4-8(9)5-3-7/h2-6,9H,1H3,(H,10,11,12). The fourth-order valence-electron chi connectivity index (χ4n) is 0.983. The van der Waals surface area contributed by atoms with Crippen LogP contribution in [0.25, 0.3) is 0 Å². The van der Waals surface area contributed by atoms with Crippen molar-refractivity contribution in [1.82, 2.24) is 0 Å². The summed E-state index contributed by atoms with van der Waals surface area (Å²) in [6.45, 7) is 1.47. The Balaban J connectivity index is 2.80. The second-order valence-electron chi connectivity index (χ2n) is 2.76. The summed E-state index contributed by atoms with van der Waals surface area (Å²) >= 11 is 0. The van der Waals surface area contributed by atoms with Gasteiger partial charge in [0.1, 0.15) is 11.9 Å². The van der Waals surface area contributed by atoms with E-state index in [1.165, 1.54) is 31.2 Å². The molecule has 0 aliphatic heterocycles. The van der Waals surface area contributed by atoms with E-state index in [9.17, 15) is 8.42 Å². The smallest absolute Gasteiger partial charge is 0.397 e. The van der Waals surface area contributed by atoms with Gasteiger partial charge in [0.05, 0.1) is 0 Å². The van der Waals surface area contributed by atoms with Gasteiger partial charge in [0, 0.05) is 0 Å². The SMILES string of the molecule is CC(OS(=O)(=O)O)c1ccc(O)cc1. The molecule has 0 aliphatic rings. The van der Waals surface area contributed by atoms with Crippen molar-refractivity contribution in [3.8, 4) is 5.75 Å². The van der Waals surface area contributed by atoms with Gasteiger partial charge in [-0.15, -0.1) is 0 Å². The number of benzene rings is 1. The molecule has 0 spiro atoms. The molecule has 5 nitrogen and oxygen atoms in total. The number of rotatable bonds is 3. The molecule has 1 aromatic rings. The van der Waals surface area contributed by atoms with Crippen molar-refractivity contribution in [2.24, 2.45) is 0 Å². The first-order valence-electron chi connectivity index (χ1n) is 3.83. The van der Waals surface area contributed by atoms with Crippen molar-refractivity contribution in [2.75, 3.05) is 0 Å². The molecule has 14 heavy (non-hydrogen) atoms. The lowest BCUT2D eigenvalue weighted by Crippen LogP contribution is -2.07. The Morgan fingerprint density at radius 1 is 1.29 bits per heavy atom. The summed E-state index contributed by atoms with van der Waals surface area (Å²) in [6.07, 6.45) is -0.786. The lowest BCUT2D eigenvalue weighted by atomic mass is 10.1. The molecular formula is C8H10O5S. The Morgan fingerprint density at radius 3 is 2.21 bits per heavy atom. The number of phenolic OH excluding ortho intramolecular Hbond substituents is 1. The molecular weight excluding hydrogens is 208 g/mol. The molecule has 0 aromatic heterocycles. The van der Waals surface area contributed by atoms with E-state index in [1.54, 1.807) is 0 Å². The van der Waals surface area contributed by atoms with Crippen molar-refractivity contribution in [3.05, 3.63) is 29.8 Å². The Hall–Kier alpha value is -1.11.